The molecule has 1 saturated carbocycles. The van der Waals surface area contributed by atoms with E-state index in [-0.39, 0.29) is 0 Å². The summed E-state index contributed by atoms with van der Waals surface area (Å²) in [5, 5.41) is 8.69. The maximum atomic E-state index is 4.48. The fraction of sp³-hybridized carbons (Fsp3) is 0.556. The van der Waals surface area contributed by atoms with E-state index in [0.717, 1.165) is 25.6 Å². The molecule has 0 amide bonds. The lowest BCUT2D eigenvalue weighted by atomic mass is 10.0. The van der Waals surface area contributed by atoms with Crippen LogP contribution < -0.4 is 0 Å². The lowest BCUT2D eigenvalue weighted by molar-refractivity contribution is 0.130. The zero-order valence-electron chi connectivity index (χ0n) is 13.1. The predicted molar refractivity (Wildman–Crippen MR) is 86.2 cm³/mol. The Morgan fingerprint density at radius 1 is 1.05 bits per heavy atom. The van der Waals surface area contributed by atoms with Gasteiger partial charge in [0.15, 0.2) is 0 Å². The molecular formula is C18H24N4. The van der Waals surface area contributed by atoms with Crippen LogP contribution >= 0.6 is 0 Å². The molecule has 2 aromatic rings. The molecule has 1 atom stereocenters. The van der Waals surface area contributed by atoms with Crippen molar-refractivity contribution in [3.63, 3.8) is 0 Å². The molecule has 0 N–H and O–H groups in total. The Labute approximate surface area is 132 Å². The van der Waals surface area contributed by atoms with Gasteiger partial charge in [-0.15, -0.1) is 10.2 Å². The zero-order chi connectivity index (χ0) is 14.8. The Balaban J connectivity index is 1.54. The third-order valence-electron chi connectivity index (χ3n) is 4.94. The Morgan fingerprint density at radius 2 is 1.91 bits per heavy atom. The standard InChI is InChI=1S/C18H24N4/c1-2-6-15(7-3-1)12-21-11-5-4-8-17(21)18-20-19-14-22(18)13-16-9-10-16/h1-3,6-7,14,16-17H,4-5,8-13H2/t17-/m1/s1. The SMILES string of the molecule is c1ccc(CN2CCCC[C@@H]2c2nncn2CC2CC2)cc1. The summed E-state index contributed by atoms with van der Waals surface area (Å²) in [4.78, 5) is 2.59. The fourth-order valence-corrected chi connectivity index (χ4v) is 3.53. The Hall–Kier alpha value is -1.68. The molecule has 1 aromatic carbocycles. The first kappa shape index (κ1) is 13.9. The summed E-state index contributed by atoms with van der Waals surface area (Å²) in [6, 6.07) is 11.2. The van der Waals surface area contributed by atoms with Gasteiger partial charge in [0.1, 0.15) is 12.2 Å². The Kier molecular flexibility index (Phi) is 3.94. The van der Waals surface area contributed by atoms with Crippen molar-refractivity contribution in [2.45, 2.75) is 51.2 Å². The van der Waals surface area contributed by atoms with Crippen LogP contribution in [0, 0.1) is 5.92 Å². The van der Waals surface area contributed by atoms with E-state index in [1.807, 2.05) is 6.33 Å². The number of piperidine rings is 1. The monoisotopic (exact) mass is 296 g/mol. The van der Waals surface area contributed by atoms with Gasteiger partial charge >= 0.3 is 0 Å². The first-order chi connectivity index (χ1) is 10.9. The largest absolute Gasteiger partial charge is 0.316 e. The van der Waals surface area contributed by atoms with E-state index in [0.29, 0.717) is 6.04 Å². The van der Waals surface area contributed by atoms with Gasteiger partial charge in [0.05, 0.1) is 6.04 Å². The number of likely N-dealkylation sites (tertiary alicyclic amines) is 1. The van der Waals surface area contributed by atoms with Crippen LogP contribution in [-0.4, -0.2) is 26.2 Å². The summed E-state index contributed by atoms with van der Waals surface area (Å²) in [5.74, 6) is 2.04. The molecule has 0 spiro atoms. The maximum absolute atomic E-state index is 4.48. The second-order valence-electron chi connectivity index (χ2n) is 6.75. The molecular weight excluding hydrogens is 272 g/mol. The summed E-state index contributed by atoms with van der Waals surface area (Å²) in [6.45, 7) is 3.29. The van der Waals surface area contributed by atoms with E-state index in [1.54, 1.807) is 0 Å². The number of hydrogen-bond acceptors (Lipinski definition) is 3. The van der Waals surface area contributed by atoms with E-state index in [2.05, 4.69) is 50.0 Å². The van der Waals surface area contributed by atoms with E-state index in [9.17, 15) is 0 Å². The van der Waals surface area contributed by atoms with Crippen molar-refractivity contribution in [1.29, 1.82) is 0 Å². The number of benzene rings is 1. The van der Waals surface area contributed by atoms with Crippen molar-refractivity contribution in [2.24, 2.45) is 5.92 Å². The average molecular weight is 296 g/mol. The quantitative estimate of drug-likeness (QED) is 0.848. The first-order valence-electron chi connectivity index (χ1n) is 8.56. The molecule has 4 rings (SSSR count). The topological polar surface area (TPSA) is 34.0 Å². The summed E-state index contributed by atoms with van der Waals surface area (Å²) >= 11 is 0. The first-order valence-corrected chi connectivity index (χ1v) is 8.56. The summed E-state index contributed by atoms with van der Waals surface area (Å²) < 4.78 is 2.31. The highest BCUT2D eigenvalue weighted by Gasteiger charge is 2.30. The average Bonchev–Trinajstić information content (AvgIpc) is 3.25. The van der Waals surface area contributed by atoms with Crippen LogP contribution in [0.3, 0.4) is 0 Å². The lowest BCUT2D eigenvalue weighted by Gasteiger charge is -2.35. The summed E-state index contributed by atoms with van der Waals surface area (Å²) in [6.07, 6.45) is 8.47. The Morgan fingerprint density at radius 3 is 2.73 bits per heavy atom. The van der Waals surface area contributed by atoms with Gasteiger partial charge in [0, 0.05) is 13.1 Å². The van der Waals surface area contributed by atoms with E-state index >= 15 is 0 Å². The van der Waals surface area contributed by atoms with Gasteiger partial charge in [0.25, 0.3) is 0 Å². The minimum atomic E-state index is 0.426. The zero-order valence-corrected chi connectivity index (χ0v) is 13.1. The van der Waals surface area contributed by atoms with Crippen LogP contribution in [-0.2, 0) is 13.1 Å². The highest BCUT2D eigenvalue weighted by Crippen LogP contribution is 2.34. The summed E-state index contributed by atoms with van der Waals surface area (Å²) in [7, 11) is 0. The van der Waals surface area contributed by atoms with Gasteiger partial charge in [-0.2, -0.15) is 0 Å². The second kappa shape index (κ2) is 6.21. The number of nitrogens with zero attached hydrogens (tertiary/aromatic N) is 4. The molecule has 0 bridgehead atoms. The molecule has 22 heavy (non-hydrogen) atoms. The van der Waals surface area contributed by atoms with Crippen LogP contribution in [0.4, 0.5) is 0 Å². The molecule has 2 aliphatic rings. The van der Waals surface area contributed by atoms with Crippen molar-refractivity contribution in [3.05, 3.63) is 48.0 Å². The Bertz CT molecular complexity index is 603. The van der Waals surface area contributed by atoms with Crippen molar-refractivity contribution in [2.75, 3.05) is 6.54 Å². The van der Waals surface area contributed by atoms with E-state index in [1.165, 1.54) is 43.5 Å². The van der Waals surface area contributed by atoms with Crippen LogP contribution in [0.25, 0.3) is 0 Å². The van der Waals surface area contributed by atoms with E-state index in [4.69, 9.17) is 0 Å². The van der Waals surface area contributed by atoms with Gasteiger partial charge in [-0.25, -0.2) is 0 Å². The van der Waals surface area contributed by atoms with Gasteiger partial charge in [-0.1, -0.05) is 36.8 Å². The number of aromatic nitrogens is 3. The molecule has 1 aliphatic carbocycles. The van der Waals surface area contributed by atoms with Gasteiger partial charge in [0.2, 0.25) is 0 Å². The highest BCUT2D eigenvalue weighted by molar-refractivity contribution is 5.15. The van der Waals surface area contributed by atoms with Gasteiger partial charge < -0.3 is 4.57 Å². The number of hydrogen-bond donors (Lipinski definition) is 0. The van der Waals surface area contributed by atoms with E-state index < -0.39 is 0 Å². The van der Waals surface area contributed by atoms with Crippen LogP contribution in [0.15, 0.2) is 36.7 Å². The molecule has 4 heteroatoms. The predicted octanol–water partition coefficient (Wildman–Crippen LogP) is 3.42. The number of rotatable bonds is 5. The molecule has 1 aliphatic heterocycles. The second-order valence-corrected chi connectivity index (χ2v) is 6.75. The minimum absolute atomic E-state index is 0.426. The highest BCUT2D eigenvalue weighted by atomic mass is 15.3. The third kappa shape index (κ3) is 3.07. The van der Waals surface area contributed by atoms with Gasteiger partial charge in [-0.3, -0.25) is 4.90 Å². The molecule has 1 saturated heterocycles. The molecule has 4 nitrogen and oxygen atoms in total. The lowest BCUT2D eigenvalue weighted by Crippen LogP contribution is -2.34. The maximum Gasteiger partial charge on any atom is 0.150 e. The molecule has 1 aromatic heterocycles. The fourth-order valence-electron chi connectivity index (χ4n) is 3.53. The minimum Gasteiger partial charge on any atom is -0.316 e. The van der Waals surface area contributed by atoms with Crippen molar-refractivity contribution in [1.82, 2.24) is 19.7 Å². The molecule has 0 unspecified atom stereocenters. The normalized spacial score (nSPS) is 22.8. The smallest absolute Gasteiger partial charge is 0.150 e. The van der Waals surface area contributed by atoms with Crippen molar-refractivity contribution in [3.8, 4) is 0 Å². The van der Waals surface area contributed by atoms with Crippen LogP contribution in [0.1, 0.15) is 49.5 Å². The molecule has 0 radical (unpaired) electrons. The molecule has 2 fully saturated rings. The van der Waals surface area contributed by atoms with Crippen LogP contribution in [0.2, 0.25) is 0 Å². The molecule has 2 heterocycles. The van der Waals surface area contributed by atoms with Gasteiger partial charge in [-0.05, 0) is 43.7 Å². The molecule has 116 valence electrons. The summed E-state index contributed by atoms with van der Waals surface area (Å²) in [5.41, 5.74) is 1.39. The third-order valence-corrected chi connectivity index (χ3v) is 4.94. The van der Waals surface area contributed by atoms with Crippen LogP contribution in [0.5, 0.6) is 0 Å². The van der Waals surface area contributed by atoms with Crippen molar-refractivity contribution >= 4 is 0 Å². The van der Waals surface area contributed by atoms with Crippen molar-refractivity contribution < 1.29 is 0 Å².